The highest BCUT2D eigenvalue weighted by molar-refractivity contribution is 6.52. The maximum atomic E-state index is 14.9. The third-order valence-electron chi connectivity index (χ3n) is 7.19. The van der Waals surface area contributed by atoms with Gasteiger partial charge in [0.1, 0.15) is 18.4 Å². The first-order chi connectivity index (χ1) is 20.6. The summed E-state index contributed by atoms with van der Waals surface area (Å²) in [6.07, 6.45) is 0. The third-order valence-corrected chi connectivity index (χ3v) is 7.44. The van der Waals surface area contributed by atoms with Crippen molar-refractivity contribution in [1.29, 1.82) is 0 Å². The van der Waals surface area contributed by atoms with Crippen molar-refractivity contribution in [2.45, 2.75) is 12.6 Å². The molecule has 8 nitrogen and oxygen atoms in total. The van der Waals surface area contributed by atoms with Crippen LogP contribution in [0.25, 0.3) is 0 Å². The number of halogens is 2. The molecule has 1 aliphatic heterocycles. The van der Waals surface area contributed by atoms with Crippen molar-refractivity contribution in [2.75, 3.05) is 35.8 Å². The number of hydrogen-bond donors (Lipinski definition) is 1. The first-order valence-corrected chi connectivity index (χ1v) is 13.8. The molecule has 4 aromatic carbocycles. The number of amides is 3. The van der Waals surface area contributed by atoms with Gasteiger partial charge in [-0.3, -0.25) is 24.1 Å². The zero-order valence-electron chi connectivity index (χ0n) is 23.5. The molecule has 1 aliphatic rings. The molecule has 0 bridgehead atoms. The molecule has 4 aromatic rings. The smallest absolute Gasteiger partial charge is 0.299 e. The number of benzene rings is 4. The molecule has 1 atom stereocenters. The van der Waals surface area contributed by atoms with Crippen molar-refractivity contribution in [3.05, 3.63) is 125 Å². The lowest BCUT2D eigenvalue weighted by Gasteiger charge is -2.33. The van der Waals surface area contributed by atoms with Crippen LogP contribution < -0.4 is 15.1 Å². The molecule has 0 fully saturated rings. The molecule has 218 valence electrons. The van der Waals surface area contributed by atoms with Gasteiger partial charge in [0.25, 0.3) is 17.6 Å². The van der Waals surface area contributed by atoms with Gasteiger partial charge < -0.3 is 15.1 Å². The summed E-state index contributed by atoms with van der Waals surface area (Å²) in [5.41, 5.74) is 2.48. The van der Waals surface area contributed by atoms with Crippen molar-refractivity contribution < 1.29 is 23.6 Å². The van der Waals surface area contributed by atoms with Crippen molar-refractivity contribution in [2.24, 2.45) is 0 Å². The van der Waals surface area contributed by atoms with Gasteiger partial charge in [0.2, 0.25) is 5.91 Å². The number of nitrogens with one attached hydrogen (secondary N) is 1. The Labute approximate surface area is 253 Å². The lowest BCUT2D eigenvalue weighted by Crippen LogP contribution is -2.46. The van der Waals surface area contributed by atoms with Crippen LogP contribution in [0.15, 0.2) is 97.1 Å². The molecule has 0 saturated carbocycles. The second-order valence-corrected chi connectivity index (χ2v) is 10.7. The number of hydrogen-bond acceptors (Lipinski definition) is 5. The summed E-state index contributed by atoms with van der Waals surface area (Å²) in [5.74, 6) is -3.37. The minimum atomic E-state index is -1.25. The topological polar surface area (TPSA) is 90.0 Å². The van der Waals surface area contributed by atoms with Crippen LogP contribution in [0.3, 0.4) is 0 Å². The predicted molar refractivity (Wildman–Crippen MR) is 164 cm³/mol. The normalized spacial score (nSPS) is 13.0. The van der Waals surface area contributed by atoms with Gasteiger partial charge in [0.05, 0.1) is 11.3 Å². The van der Waals surface area contributed by atoms with E-state index in [2.05, 4.69) is 5.32 Å². The van der Waals surface area contributed by atoms with Gasteiger partial charge in [-0.15, -0.1) is 0 Å². The first kappa shape index (κ1) is 29.5. The largest absolute Gasteiger partial charge is 0.378 e. The van der Waals surface area contributed by atoms with Crippen LogP contribution in [0.4, 0.5) is 21.5 Å². The van der Waals surface area contributed by atoms with Crippen molar-refractivity contribution in [3.63, 3.8) is 0 Å². The zero-order chi connectivity index (χ0) is 30.7. The van der Waals surface area contributed by atoms with E-state index in [0.29, 0.717) is 22.0 Å². The van der Waals surface area contributed by atoms with Gasteiger partial charge in [-0.1, -0.05) is 54.1 Å². The average Bonchev–Trinajstić information content (AvgIpc) is 3.23. The molecule has 0 aliphatic carbocycles. The van der Waals surface area contributed by atoms with Crippen LogP contribution in [0.2, 0.25) is 5.02 Å². The minimum Gasteiger partial charge on any atom is -0.378 e. The fourth-order valence-electron chi connectivity index (χ4n) is 4.94. The summed E-state index contributed by atoms with van der Waals surface area (Å²) in [6.45, 7) is -0.825. The van der Waals surface area contributed by atoms with E-state index in [1.54, 1.807) is 60.7 Å². The molecule has 43 heavy (non-hydrogen) atoms. The van der Waals surface area contributed by atoms with Gasteiger partial charge in [0, 0.05) is 42.6 Å². The van der Waals surface area contributed by atoms with E-state index in [1.807, 2.05) is 31.1 Å². The Bertz CT molecular complexity index is 1690. The van der Waals surface area contributed by atoms with E-state index in [4.69, 9.17) is 11.6 Å². The molecule has 5 rings (SSSR count). The number of ketones is 1. The molecule has 1 unspecified atom stereocenters. The van der Waals surface area contributed by atoms with E-state index in [9.17, 15) is 23.6 Å². The van der Waals surface area contributed by atoms with E-state index in [1.165, 1.54) is 29.2 Å². The Kier molecular flexibility index (Phi) is 8.54. The standard InChI is InChI=1S/C33H28ClFN4O4/c1-37(2)25-17-15-24(16-18-25)36-32(42)30(21-11-13-23(34)14-12-21)39(19-22-7-3-5-9-27(22)35)29(40)20-38-28-10-6-4-8-26(28)31(41)33(38)43/h3-18,30H,19-20H2,1-2H3,(H,36,42). The summed E-state index contributed by atoms with van der Waals surface area (Å²) >= 11 is 6.14. The third kappa shape index (κ3) is 6.27. The maximum Gasteiger partial charge on any atom is 0.299 e. The summed E-state index contributed by atoms with van der Waals surface area (Å²) in [6, 6.07) is 24.6. The van der Waals surface area contributed by atoms with E-state index in [-0.39, 0.29) is 17.7 Å². The lowest BCUT2D eigenvalue weighted by atomic mass is 10.0. The van der Waals surface area contributed by atoms with Crippen molar-refractivity contribution >= 4 is 52.2 Å². The average molecular weight is 599 g/mol. The van der Waals surface area contributed by atoms with Crippen molar-refractivity contribution in [3.8, 4) is 0 Å². The Hall–Kier alpha value is -5.02. The fourth-order valence-corrected chi connectivity index (χ4v) is 5.06. The van der Waals surface area contributed by atoms with Crippen LogP contribution in [0, 0.1) is 5.82 Å². The summed E-state index contributed by atoms with van der Waals surface area (Å²) in [7, 11) is 3.79. The number of para-hydroxylation sites is 1. The fraction of sp³-hybridized carbons (Fsp3) is 0.152. The second kappa shape index (κ2) is 12.5. The predicted octanol–water partition coefficient (Wildman–Crippen LogP) is 5.48. The Morgan fingerprint density at radius 3 is 2.21 bits per heavy atom. The molecule has 0 aromatic heterocycles. The molecule has 1 N–H and O–H groups in total. The Morgan fingerprint density at radius 2 is 1.53 bits per heavy atom. The SMILES string of the molecule is CN(C)c1ccc(NC(=O)C(c2ccc(Cl)cc2)N(Cc2ccccc2F)C(=O)CN2C(=O)C(=O)c3ccccc32)cc1. The zero-order valence-corrected chi connectivity index (χ0v) is 24.2. The quantitative estimate of drug-likeness (QED) is 0.258. The number of fused-ring (bicyclic) bond motifs is 1. The molecule has 10 heteroatoms. The monoisotopic (exact) mass is 598 g/mol. The van der Waals surface area contributed by atoms with E-state index in [0.717, 1.165) is 10.6 Å². The highest BCUT2D eigenvalue weighted by Gasteiger charge is 2.39. The molecular weight excluding hydrogens is 571 g/mol. The number of nitrogens with zero attached hydrogens (tertiary/aromatic N) is 3. The van der Waals surface area contributed by atoms with Crippen LogP contribution in [-0.4, -0.2) is 49.0 Å². The molecule has 0 radical (unpaired) electrons. The van der Waals surface area contributed by atoms with E-state index >= 15 is 0 Å². The molecule has 3 amide bonds. The van der Waals surface area contributed by atoms with Gasteiger partial charge in [-0.2, -0.15) is 0 Å². The number of carbonyl (C=O) groups excluding carboxylic acids is 4. The number of Topliss-reactive ketones (excluding diaryl/α,β-unsaturated/α-hetero) is 1. The second-order valence-electron chi connectivity index (χ2n) is 10.2. The van der Waals surface area contributed by atoms with Gasteiger partial charge in [0.15, 0.2) is 0 Å². The summed E-state index contributed by atoms with van der Waals surface area (Å²) < 4.78 is 14.9. The van der Waals surface area contributed by atoms with E-state index < -0.39 is 41.9 Å². The highest BCUT2D eigenvalue weighted by atomic mass is 35.5. The summed E-state index contributed by atoms with van der Waals surface area (Å²) in [4.78, 5) is 57.9. The summed E-state index contributed by atoms with van der Waals surface area (Å²) in [5, 5.41) is 3.29. The number of carbonyl (C=O) groups is 4. The Balaban J connectivity index is 1.55. The van der Waals surface area contributed by atoms with Crippen LogP contribution in [-0.2, 0) is 20.9 Å². The molecule has 0 saturated heterocycles. The molecular formula is C33H28ClFN4O4. The Morgan fingerprint density at radius 1 is 0.884 bits per heavy atom. The maximum absolute atomic E-state index is 14.9. The van der Waals surface area contributed by atoms with Crippen LogP contribution in [0.1, 0.15) is 27.5 Å². The number of anilines is 3. The highest BCUT2D eigenvalue weighted by Crippen LogP contribution is 2.31. The molecule has 1 heterocycles. The van der Waals surface area contributed by atoms with Crippen molar-refractivity contribution in [1.82, 2.24) is 4.90 Å². The van der Waals surface area contributed by atoms with Gasteiger partial charge in [-0.25, -0.2) is 4.39 Å². The minimum absolute atomic E-state index is 0.169. The first-order valence-electron chi connectivity index (χ1n) is 13.5. The van der Waals surface area contributed by atoms with Gasteiger partial charge >= 0.3 is 0 Å². The number of rotatable bonds is 9. The van der Waals surface area contributed by atoms with Gasteiger partial charge in [-0.05, 0) is 60.2 Å². The van der Waals surface area contributed by atoms with Crippen LogP contribution >= 0.6 is 11.6 Å². The van der Waals surface area contributed by atoms with Crippen LogP contribution in [0.5, 0.6) is 0 Å². The molecule has 0 spiro atoms. The lowest BCUT2D eigenvalue weighted by molar-refractivity contribution is -0.139.